The summed E-state index contributed by atoms with van der Waals surface area (Å²) in [6.07, 6.45) is 8.07. The van der Waals surface area contributed by atoms with E-state index in [2.05, 4.69) is 44.8 Å². The normalized spacial score (nSPS) is 27.4. The smallest absolute Gasteiger partial charge is 0.0221 e. The molecule has 0 amide bonds. The molecule has 20 heavy (non-hydrogen) atoms. The molecule has 120 valence electrons. The minimum Gasteiger partial charge on any atom is -0.311 e. The molecule has 0 aliphatic carbocycles. The maximum absolute atomic E-state index is 3.79. The summed E-state index contributed by atoms with van der Waals surface area (Å²) >= 11 is 0. The highest BCUT2D eigenvalue weighted by molar-refractivity contribution is 4.88. The zero-order valence-corrected chi connectivity index (χ0v) is 14.6. The van der Waals surface area contributed by atoms with E-state index in [0.717, 1.165) is 17.9 Å². The zero-order valence-electron chi connectivity index (χ0n) is 14.6. The maximum atomic E-state index is 3.79. The van der Waals surface area contributed by atoms with Crippen LogP contribution < -0.4 is 5.32 Å². The summed E-state index contributed by atoms with van der Waals surface area (Å²) in [4.78, 5) is 2.80. The lowest BCUT2D eigenvalue weighted by atomic mass is 9.92. The van der Waals surface area contributed by atoms with Crippen LogP contribution in [0.15, 0.2) is 0 Å². The van der Waals surface area contributed by atoms with Crippen LogP contribution in [0.1, 0.15) is 73.1 Å². The van der Waals surface area contributed by atoms with Crippen LogP contribution in [0, 0.1) is 11.8 Å². The predicted molar refractivity (Wildman–Crippen MR) is 90.2 cm³/mol. The van der Waals surface area contributed by atoms with Gasteiger partial charge in [0.15, 0.2) is 0 Å². The lowest BCUT2D eigenvalue weighted by molar-refractivity contribution is 0.0864. The van der Waals surface area contributed by atoms with E-state index in [9.17, 15) is 0 Å². The number of nitrogens with one attached hydrogen (secondary N) is 1. The van der Waals surface area contributed by atoms with Crippen LogP contribution in [0.3, 0.4) is 0 Å². The Hall–Kier alpha value is -0.0800. The SMILES string of the molecule is CCCCC(CC)CN1CC(C(C)CC)NCC1CC. The molecule has 4 unspecified atom stereocenters. The third-order valence-corrected chi connectivity index (χ3v) is 5.40. The second-order valence-electron chi connectivity index (χ2n) is 6.83. The van der Waals surface area contributed by atoms with Crippen molar-refractivity contribution in [1.82, 2.24) is 10.2 Å². The van der Waals surface area contributed by atoms with E-state index in [0.29, 0.717) is 6.04 Å². The Balaban J connectivity index is 2.56. The molecule has 1 N–H and O–H groups in total. The van der Waals surface area contributed by atoms with Crippen LogP contribution in [0.2, 0.25) is 0 Å². The molecule has 0 saturated carbocycles. The van der Waals surface area contributed by atoms with Gasteiger partial charge in [0.05, 0.1) is 0 Å². The quantitative estimate of drug-likeness (QED) is 0.678. The molecule has 2 nitrogen and oxygen atoms in total. The molecule has 1 aliphatic rings. The molecule has 0 aromatic heterocycles. The van der Waals surface area contributed by atoms with Gasteiger partial charge >= 0.3 is 0 Å². The third kappa shape index (κ3) is 5.37. The van der Waals surface area contributed by atoms with E-state index in [4.69, 9.17) is 0 Å². The van der Waals surface area contributed by atoms with Crippen LogP contribution in [-0.2, 0) is 0 Å². The molecular formula is C18H38N2. The van der Waals surface area contributed by atoms with E-state index in [1.54, 1.807) is 0 Å². The molecule has 2 heteroatoms. The summed E-state index contributed by atoms with van der Waals surface area (Å²) in [5, 5.41) is 3.79. The number of piperazine rings is 1. The minimum atomic E-state index is 0.700. The van der Waals surface area contributed by atoms with Gasteiger partial charge in [-0.05, 0) is 24.7 Å². The second kappa shape index (κ2) is 9.78. The lowest BCUT2D eigenvalue weighted by Gasteiger charge is -2.43. The van der Waals surface area contributed by atoms with Gasteiger partial charge in [-0.1, -0.05) is 60.3 Å². The number of rotatable bonds is 9. The summed E-state index contributed by atoms with van der Waals surface area (Å²) in [6, 6.07) is 1.46. The van der Waals surface area contributed by atoms with Gasteiger partial charge in [-0.2, -0.15) is 0 Å². The van der Waals surface area contributed by atoms with Crippen LogP contribution in [-0.4, -0.2) is 36.6 Å². The highest BCUT2D eigenvalue weighted by Crippen LogP contribution is 2.21. The first kappa shape index (κ1) is 18.0. The zero-order chi connectivity index (χ0) is 15.0. The van der Waals surface area contributed by atoms with Gasteiger partial charge in [-0.3, -0.25) is 4.90 Å². The van der Waals surface area contributed by atoms with Gasteiger partial charge in [-0.25, -0.2) is 0 Å². The Morgan fingerprint density at radius 1 is 1.15 bits per heavy atom. The maximum Gasteiger partial charge on any atom is 0.0221 e. The van der Waals surface area contributed by atoms with Crippen molar-refractivity contribution in [1.29, 1.82) is 0 Å². The van der Waals surface area contributed by atoms with Crippen molar-refractivity contribution in [3.63, 3.8) is 0 Å². The van der Waals surface area contributed by atoms with Crippen LogP contribution in [0.4, 0.5) is 0 Å². The first-order chi connectivity index (χ1) is 9.65. The van der Waals surface area contributed by atoms with E-state index in [-0.39, 0.29) is 0 Å². The predicted octanol–water partition coefficient (Wildman–Crippen LogP) is 4.30. The fourth-order valence-electron chi connectivity index (χ4n) is 3.42. The molecule has 1 fully saturated rings. The van der Waals surface area contributed by atoms with E-state index in [1.807, 2.05) is 0 Å². The van der Waals surface area contributed by atoms with Gasteiger partial charge in [0.1, 0.15) is 0 Å². The van der Waals surface area contributed by atoms with Crippen molar-refractivity contribution < 1.29 is 0 Å². The number of hydrogen-bond acceptors (Lipinski definition) is 2. The fourth-order valence-corrected chi connectivity index (χ4v) is 3.42. The van der Waals surface area contributed by atoms with E-state index >= 15 is 0 Å². The van der Waals surface area contributed by atoms with Gasteiger partial charge in [0, 0.05) is 31.7 Å². The van der Waals surface area contributed by atoms with Crippen LogP contribution in [0.5, 0.6) is 0 Å². The van der Waals surface area contributed by atoms with Crippen molar-refractivity contribution in [2.24, 2.45) is 11.8 Å². The van der Waals surface area contributed by atoms with Crippen molar-refractivity contribution >= 4 is 0 Å². The fraction of sp³-hybridized carbons (Fsp3) is 1.00. The highest BCUT2D eigenvalue weighted by Gasteiger charge is 2.30. The highest BCUT2D eigenvalue weighted by atomic mass is 15.2. The summed E-state index contributed by atoms with van der Waals surface area (Å²) in [5.74, 6) is 1.70. The average molecular weight is 283 g/mol. The molecule has 0 aromatic carbocycles. The molecular weight excluding hydrogens is 244 g/mol. The molecule has 4 atom stereocenters. The molecule has 0 aromatic rings. The number of nitrogens with zero attached hydrogens (tertiary/aromatic N) is 1. The molecule has 0 bridgehead atoms. The first-order valence-electron chi connectivity index (χ1n) is 9.13. The Labute approximate surface area is 127 Å². The third-order valence-electron chi connectivity index (χ3n) is 5.40. The summed E-state index contributed by atoms with van der Waals surface area (Å²) in [6.45, 7) is 15.5. The molecule has 0 spiro atoms. The molecule has 1 aliphatic heterocycles. The van der Waals surface area contributed by atoms with Gasteiger partial charge in [0.2, 0.25) is 0 Å². The lowest BCUT2D eigenvalue weighted by Crippen LogP contribution is -2.58. The van der Waals surface area contributed by atoms with Crippen molar-refractivity contribution in [2.75, 3.05) is 19.6 Å². The number of hydrogen-bond donors (Lipinski definition) is 1. The summed E-state index contributed by atoms with van der Waals surface area (Å²) in [7, 11) is 0. The molecule has 0 radical (unpaired) electrons. The minimum absolute atomic E-state index is 0.700. The first-order valence-corrected chi connectivity index (χ1v) is 9.13. The van der Waals surface area contributed by atoms with Gasteiger partial charge in [-0.15, -0.1) is 0 Å². The van der Waals surface area contributed by atoms with Crippen molar-refractivity contribution in [2.45, 2.75) is 85.2 Å². The number of unbranched alkanes of at least 4 members (excludes halogenated alkanes) is 1. The monoisotopic (exact) mass is 282 g/mol. The Bertz CT molecular complexity index is 242. The largest absolute Gasteiger partial charge is 0.311 e. The van der Waals surface area contributed by atoms with E-state index in [1.165, 1.54) is 58.2 Å². The molecule has 1 heterocycles. The van der Waals surface area contributed by atoms with Crippen LogP contribution in [0.25, 0.3) is 0 Å². The summed E-state index contributed by atoms with van der Waals surface area (Å²) < 4.78 is 0. The van der Waals surface area contributed by atoms with Gasteiger partial charge in [0.25, 0.3) is 0 Å². The van der Waals surface area contributed by atoms with Gasteiger partial charge < -0.3 is 5.32 Å². The second-order valence-corrected chi connectivity index (χ2v) is 6.83. The summed E-state index contributed by atoms with van der Waals surface area (Å²) in [5.41, 5.74) is 0. The average Bonchev–Trinajstić information content (AvgIpc) is 2.50. The van der Waals surface area contributed by atoms with Crippen molar-refractivity contribution in [3.8, 4) is 0 Å². The Kier molecular flexibility index (Phi) is 8.79. The Morgan fingerprint density at radius 2 is 1.90 bits per heavy atom. The molecule has 1 rings (SSSR count). The van der Waals surface area contributed by atoms with Crippen LogP contribution >= 0.6 is 0 Å². The Morgan fingerprint density at radius 3 is 2.45 bits per heavy atom. The standard InChI is InChI=1S/C18H38N2/c1-6-10-11-16(8-3)13-20-14-18(15(5)7-2)19-12-17(20)9-4/h15-19H,6-14H2,1-5H3. The molecule has 1 saturated heterocycles. The van der Waals surface area contributed by atoms with E-state index < -0.39 is 0 Å². The topological polar surface area (TPSA) is 15.3 Å². The van der Waals surface area contributed by atoms with Crippen molar-refractivity contribution in [3.05, 3.63) is 0 Å².